The quantitative estimate of drug-likeness (QED) is 0.779. The van der Waals surface area contributed by atoms with Gasteiger partial charge in [0.1, 0.15) is 5.82 Å². The molecule has 0 bridgehead atoms. The van der Waals surface area contributed by atoms with Crippen molar-refractivity contribution < 1.29 is 0 Å². The van der Waals surface area contributed by atoms with Crippen LogP contribution in [0.1, 0.15) is 5.69 Å². The van der Waals surface area contributed by atoms with Crippen molar-refractivity contribution in [3.05, 3.63) is 28.6 Å². The number of anilines is 1. The first-order valence-electron chi connectivity index (χ1n) is 4.42. The molecular weight excluding hydrogens is 242 g/mol. The van der Waals surface area contributed by atoms with Crippen LogP contribution < -0.4 is 4.90 Å². The summed E-state index contributed by atoms with van der Waals surface area (Å²) in [7, 11) is 4.05. The van der Waals surface area contributed by atoms with Gasteiger partial charge >= 0.3 is 0 Å². The molecule has 0 N–H and O–H groups in total. The van der Waals surface area contributed by atoms with Gasteiger partial charge in [-0.05, 0) is 35.0 Å². The van der Waals surface area contributed by atoms with E-state index >= 15 is 0 Å². The van der Waals surface area contributed by atoms with Gasteiger partial charge in [-0.1, -0.05) is 6.07 Å². The van der Waals surface area contributed by atoms with E-state index in [1.54, 1.807) is 0 Å². The Morgan fingerprint density at radius 3 is 2.71 bits per heavy atom. The molecule has 0 aromatic carbocycles. The van der Waals surface area contributed by atoms with Crippen LogP contribution in [0.4, 0.5) is 5.82 Å². The van der Waals surface area contributed by atoms with Crippen LogP contribution in [-0.2, 0) is 0 Å². The summed E-state index contributed by atoms with van der Waals surface area (Å²) in [5.74, 6) is 1.12. The topological polar surface area (TPSA) is 20.5 Å². The van der Waals surface area contributed by atoms with Gasteiger partial charge in [-0.3, -0.25) is 4.40 Å². The van der Waals surface area contributed by atoms with Gasteiger partial charge < -0.3 is 4.90 Å². The number of fused-ring (bicyclic) bond motifs is 1. The van der Waals surface area contributed by atoms with Gasteiger partial charge in [0.05, 0.1) is 11.2 Å². The molecule has 2 rings (SSSR count). The zero-order valence-electron chi connectivity index (χ0n) is 8.45. The summed E-state index contributed by atoms with van der Waals surface area (Å²) in [6.07, 6.45) is 0. The lowest BCUT2D eigenvalue weighted by molar-refractivity contribution is 0.997. The van der Waals surface area contributed by atoms with Crippen LogP contribution in [0.3, 0.4) is 0 Å². The van der Waals surface area contributed by atoms with E-state index in [-0.39, 0.29) is 0 Å². The minimum absolute atomic E-state index is 0.856. The number of nitrogens with zero attached hydrogens (tertiary/aromatic N) is 3. The molecule has 0 radical (unpaired) electrons. The normalized spacial score (nSPS) is 10.9. The first-order valence-corrected chi connectivity index (χ1v) is 5.21. The van der Waals surface area contributed by atoms with E-state index in [2.05, 4.69) is 42.3 Å². The second kappa shape index (κ2) is 3.28. The summed E-state index contributed by atoms with van der Waals surface area (Å²) in [4.78, 5) is 6.45. The van der Waals surface area contributed by atoms with Gasteiger partial charge in [-0.2, -0.15) is 0 Å². The third kappa shape index (κ3) is 1.30. The van der Waals surface area contributed by atoms with Crippen LogP contribution in [0.5, 0.6) is 0 Å². The summed E-state index contributed by atoms with van der Waals surface area (Å²) >= 11 is 3.46. The first kappa shape index (κ1) is 9.52. The van der Waals surface area contributed by atoms with E-state index in [9.17, 15) is 0 Å². The largest absolute Gasteiger partial charge is 0.364 e. The molecule has 2 heterocycles. The first-order chi connectivity index (χ1) is 6.61. The van der Waals surface area contributed by atoms with E-state index < -0.39 is 0 Å². The molecule has 0 amide bonds. The van der Waals surface area contributed by atoms with Crippen LogP contribution in [0.2, 0.25) is 0 Å². The maximum Gasteiger partial charge on any atom is 0.183 e. The van der Waals surface area contributed by atoms with Crippen molar-refractivity contribution in [1.82, 2.24) is 9.38 Å². The Hall–Kier alpha value is -1.03. The predicted octanol–water partition coefficient (Wildman–Crippen LogP) is 2.47. The molecule has 2 aromatic rings. The minimum atomic E-state index is 0.856. The molecule has 0 spiro atoms. The number of hydrogen-bond acceptors (Lipinski definition) is 2. The van der Waals surface area contributed by atoms with Crippen molar-refractivity contribution in [1.29, 1.82) is 0 Å². The fourth-order valence-electron chi connectivity index (χ4n) is 1.57. The number of hydrogen-bond donors (Lipinski definition) is 0. The Bertz CT molecular complexity index is 473. The molecule has 0 aliphatic carbocycles. The zero-order chi connectivity index (χ0) is 10.3. The van der Waals surface area contributed by atoms with Crippen molar-refractivity contribution in [2.24, 2.45) is 0 Å². The van der Waals surface area contributed by atoms with Crippen LogP contribution in [0, 0.1) is 6.92 Å². The Kier molecular flexibility index (Phi) is 2.23. The maximum atomic E-state index is 4.39. The van der Waals surface area contributed by atoms with E-state index in [1.807, 2.05) is 27.1 Å². The van der Waals surface area contributed by atoms with Gasteiger partial charge in [0.15, 0.2) is 4.73 Å². The Labute approximate surface area is 91.5 Å². The van der Waals surface area contributed by atoms with Crippen LogP contribution in [0.25, 0.3) is 5.52 Å². The Morgan fingerprint density at radius 1 is 1.36 bits per heavy atom. The molecule has 0 unspecified atom stereocenters. The summed E-state index contributed by atoms with van der Waals surface area (Å²) < 4.78 is 2.95. The number of halogens is 1. The predicted molar refractivity (Wildman–Crippen MR) is 62.0 cm³/mol. The fraction of sp³-hybridized carbons (Fsp3) is 0.300. The highest BCUT2D eigenvalue weighted by atomic mass is 79.9. The molecule has 0 atom stereocenters. The molecule has 4 heteroatoms. The van der Waals surface area contributed by atoms with Gasteiger partial charge in [-0.25, -0.2) is 4.98 Å². The standard InChI is InChI=1S/C10H12BrN3/c1-7-8-5-4-6-9(13(2)3)14(8)10(11)12-7/h4-6H,1-3H3. The summed E-state index contributed by atoms with van der Waals surface area (Å²) in [5.41, 5.74) is 2.18. The highest BCUT2D eigenvalue weighted by Gasteiger charge is 2.09. The van der Waals surface area contributed by atoms with E-state index in [1.165, 1.54) is 0 Å². The molecule has 14 heavy (non-hydrogen) atoms. The molecule has 0 fully saturated rings. The fourth-order valence-corrected chi connectivity index (χ4v) is 2.21. The average Bonchev–Trinajstić information content (AvgIpc) is 2.43. The minimum Gasteiger partial charge on any atom is -0.364 e. The van der Waals surface area contributed by atoms with Gasteiger partial charge in [0.25, 0.3) is 0 Å². The third-order valence-corrected chi connectivity index (χ3v) is 2.77. The van der Waals surface area contributed by atoms with Gasteiger partial charge in [0, 0.05) is 14.1 Å². The SMILES string of the molecule is Cc1nc(Br)n2c(N(C)C)cccc12. The van der Waals surface area contributed by atoms with Gasteiger partial charge in [0.2, 0.25) is 0 Å². The number of rotatable bonds is 1. The Balaban J connectivity index is 2.85. The maximum absolute atomic E-state index is 4.39. The summed E-state index contributed by atoms with van der Waals surface area (Å²) in [5, 5.41) is 0. The monoisotopic (exact) mass is 253 g/mol. The number of imidazole rings is 1. The lowest BCUT2D eigenvalue weighted by atomic mass is 10.3. The van der Waals surface area contributed by atoms with E-state index in [0.29, 0.717) is 0 Å². The molecule has 0 aliphatic rings. The molecule has 0 saturated heterocycles. The van der Waals surface area contributed by atoms with Crippen LogP contribution in [0.15, 0.2) is 22.9 Å². The van der Waals surface area contributed by atoms with Crippen molar-refractivity contribution in [3.63, 3.8) is 0 Å². The molecule has 74 valence electrons. The summed E-state index contributed by atoms with van der Waals surface area (Å²) in [6, 6.07) is 6.19. The molecular formula is C10H12BrN3. The summed E-state index contributed by atoms with van der Waals surface area (Å²) in [6.45, 7) is 2.01. The third-order valence-electron chi connectivity index (χ3n) is 2.24. The number of pyridine rings is 1. The highest BCUT2D eigenvalue weighted by Crippen LogP contribution is 2.23. The smallest absolute Gasteiger partial charge is 0.183 e. The van der Waals surface area contributed by atoms with Gasteiger partial charge in [-0.15, -0.1) is 0 Å². The average molecular weight is 254 g/mol. The highest BCUT2D eigenvalue weighted by molar-refractivity contribution is 9.10. The lowest BCUT2D eigenvalue weighted by Crippen LogP contribution is -2.12. The molecule has 2 aromatic heterocycles. The molecule has 0 saturated carbocycles. The van der Waals surface area contributed by atoms with Crippen LogP contribution >= 0.6 is 15.9 Å². The molecule has 0 aliphatic heterocycles. The second-order valence-electron chi connectivity index (χ2n) is 3.47. The van der Waals surface area contributed by atoms with Crippen molar-refractivity contribution in [3.8, 4) is 0 Å². The Morgan fingerprint density at radius 2 is 2.07 bits per heavy atom. The molecule has 3 nitrogen and oxygen atoms in total. The van der Waals surface area contributed by atoms with Crippen molar-refractivity contribution in [2.45, 2.75) is 6.92 Å². The lowest BCUT2D eigenvalue weighted by Gasteiger charge is -2.14. The van der Waals surface area contributed by atoms with Crippen molar-refractivity contribution in [2.75, 3.05) is 19.0 Å². The van der Waals surface area contributed by atoms with E-state index in [0.717, 1.165) is 21.8 Å². The number of aromatic nitrogens is 2. The van der Waals surface area contributed by atoms with Crippen molar-refractivity contribution >= 4 is 27.3 Å². The second-order valence-corrected chi connectivity index (χ2v) is 4.17. The number of aryl methyl sites for hydroxylation is 1. The van der Waals surface area contributed by atoms with E-state index in [4.69, 9.17) is 0 Å². The zero-order valence-corrected chi connectivity index (χ0v) is 10.0. The van der Waals surface area contributed by atoms with Crippen LogP contribution in [-0.4, -0.2) is 23.5 Å².